The largest absolute Gasteiger partial charge is 0.545 e. The molecule has 0 aliphatic carbocycles. The standard InChI is InChI=1S/C24H17ClN2O4/c25-20-9-7-16(8-10-20)15-31-22-6-1-3-17(12-22)11-19(14-26)23(28)27-21-5-2-4-18(13-21)24(29)30/h1-13H,15H2,(H,27,28)(H,29,30)/p-1/b19-11-. The number of rotatable bonds is 7. The van der Waals surface area contributed by atoms with E-state index in [2.05, 4.69) is 5.32 Å². The Morgan fingerprint density at radius 2 is 1.81 bits per heavy atom. The molecule has 3 aromatic carbocycles. The Bertz CT molecular complexity index is 1180. The van der Waals surface area contributed by atoms with E-state index in [1.165, 1.54) is 30.3 Å². The van der Waals surface area contributed by atoms with Crippen molar-refractivity contribution in [2.45, 2.75) is 6.61 Å². The highest BCUT2D eigenvalue weighted by atomic mass is 35.5. The van der Waals surface area contributed by atoms with Crippen LogP contribution in [0.2, 0.25) is 5.02 Å². The third-order valence-corrected chi connectivity index (χ3v) is 4.46. The first-order valence-corrected chi connectivity index (χ1v) is 9.54. The number of nitriles is 1. The van der Waals surface area contributed by atoms with Gasteiger partial charge < -0.3 is 20.0 Å². The van der Waals surface area contributed by atoms with Gasteiger partial charge in [0.1, 0.15) is 24.0 Å². The second-order valence-corrected chi connectivity index (χ2v) is 6.92. The number of aromatic carboxylic acids is 1. The highest BCUT2D eigenvalue weighted by molar-refractivity contribution is 6.30. The van der Waals surface area contributed by atoms with E-state index in [-0.39, 0.29) is 16.8 Å². The average Bonchev–Trinajstić information content (AvgIpc) is 2.77. The smallest absolute Gasteiger partial charge is 0.266 e. The molecule has 0 saturated carbocycles. The topological polar surface area (TPSA) is 102 Å². The summed E-state index contributed by atoms with van der Waals surface area (Å²) in [5.74, 6) is -1.45. The van der Waals surface area contributed by atoms with Crippen molar-refractivity contribution in [3.05, 3.63) is 100 Å². The third kappa shape index (κ3) is 6.20. The van der Waals surface area contributed by atoms with Crippen LogP contribution in [0.4, 0.5) is 5.69 Å². The van der Waals surface area contributed by atoms with Crippen LogP contribution in [0.25, 0.3) is 6.08 Å². The van der Waals surface area contributed by atoms with Gasteiger partial charge in [0.15, 0.2) is 0 Å². The molecule has 1 N–H and O–H groups in total. The zero-order valence-electron chi connectivity index (χ0n) is 16.2. The molecule has 0 aliphatic heterocycles. The Balaban J connectivity index is 1.71. The summed E-state index contributed by atoms with van der Waals surface area (Å²) in [5.41, 5.74) is 1.57. The van der Waals surface area contributed by atoms with Gasteiger partial charge in [-0.15, -0.1) is 0 Å². The Morgan fingerprint density at radius 1 is 1.06 bits per heavy atom. The van der Waals surface area contributed by atoms with Crippen molar-refractivity contribution in [1.29, 1.82) is 5.26 Å². The molecule has 6 nitrogen and oxygen atoms in total. The predicted octanol–water partition coefficient (Wildman–Crippen LogP) is 3.83. The fraction of sp³-hybridized carbons (Fsp3) is 0.0417. The summed E-state index contributed by atoms with van der Waals surface area (Å²) in [6.45, 7) is 0.338. The van der Waals surface area contributed by atoms with Crippen LogP contribution in [0.1, 0.15) is 21.5 Å². The second-order valence-electron chi connectivity index (χ2n) is 6.48. The minimum atomic E-state index is -1.36. The molecular formula is C24H16ClN2O4-. The molecule has 7 heteroatoms. The monoisotopic (exact) mass is 431 g/mol. The van der Waals surface area contributed by atoms with E-state index < -0.39 is 11.9 Å². The van der Waals surface area contributed by atoms with Crippen molar-refractivity contribution in [1.82, 2.24) is 0 Å². The van der Waals surface area contributed by atoms with Gasteiger partial charge >= 0.3 is 0 Å². The highest BCUT2D eigenvalue weighted by Crippen LogP contribution is 2.19. The molecule has 0 atom stereocenters. The molecule has 0 fully saturated rings. The summed E-state index contributed by atoms with van der Waals surface area (Å²) < 4.78 is 5.76. The number of hydrogen-bond acceptors (Lipinski definition) is 5. The number of nitrogens with one attached hydrogen (secondary N) is 1. The van der Waals surface area contributed by atoms with Gasteiger partial charge in [-0.1, -0.05) is 48.0 Å². The van der Waals surface area contributed by atoms with Crippen LogP contribution < -0.4 is 15.2 Å². The molecule has 0 aliphatic rings. The van der Waals surface area contributed by atoms with Crippen LogP contribution in [0, 0.1) is 11.3 Å². The number of hydrogen-bond donors (Lipinski definition) is 1. The molecule has 3 rings (SSSR count). The first-order valence-electron chi connectivity index (χ1n) is 9.16. The Kier molecular flexibility index (Phi) is 7.05. The van der Waals surface area contributed by atoms with Crippen molar-refractivity contribution in [2.24, 2.45) is 0 Å². The Hall–Kier alpha value is -4.08. The molecule has 0 saturated heterocycles. The van der Waals surface area contributed by atoms with Gasteiger partial charge in [-0.2, -0.15) is 5.26 Å². The number of amides is 1. The van der Waals surface area contributed by atoms with Crippen molar-refractivity contribution >= 4 is 35.2 Å². The van der Waals surface area contributed by atoms with Crippen LogP contribution in [0.5, 0.6) is 5.75 Å². The van der Waals surface area contributed by atoms with E-state index in [4.69, 9.17) is 16.3 Å². The third-order valence-electron chi connectivity index (χ3n) is 4.21. The maximum atomic E-state index is 12.4. The van der Waals surface area contributed by atoms with E-state index in [0.717, 1.165) is 5.56 Å². The van der Waals surface area contributed by atoms with Crippen molar-refractivity contribution < 1.29 is 19.4 Å². The maximum Gasteiger partial charge on any atom is 0.266 e. The number of carboxylic acid groups (broad SMARTS) is 1. The molecule has 1 amide bonds. The maximum absolute atomic E-state index is 12.4. The minimum absolute atomic E-state index is 0.0779. The van der Waals surface area contributed by atoms with E-state index >= 15 is 0 Å². The second kappa shape index (κ2) is 10.1. The average molecular weight is 432 g/mol. The lowest BCUT2D eigenvalue weighted by Crippen LogP contribution is -2.22. The Morgan fingerprint density at radius 3 is 2.52 bits per heavy atom. The summed E-state index contributed by atoms with van der Waals surface area (Å²) >= 11 is 5.87. The minimum Gasteiger partial charge on any atom is -0.545 e. The zero-order valence-corrected chi connectivity index (χ0v) is 16.9. The lowest BCUT2D eigenvalue weighted by Gasteiger charge is -2.08. The predicted molar refractivity (Wildman–Crippen MR) is 115 cm³/mol. The number of halogens is 1. The molecule has 0 bridgehead atoms. The summed E-state index contributed by atoms with van der Waals surface area (Å²) in [4.78, 5) is 23.4. The fourth-order valence-corrected chi connectivity index (χ4v) is 2.81. The number of nitrogens with zero attached hydrogens (tertiary/aromatic N) is 1. The van der Waals surface area contributed by atoms with Crippen molar-refractivity contribution in [3.8, 4) is 11.8 Å². The normalized spacial score (nSPS) is 10.8. The number of carbonyl (C=O) groups excluding carboxylic acids is 2. The summed E-state index contributed by atoms with van der Waals surface area (Å²) in [7, 11) is 0. The molecule has 154 valence electrons. The molecule has 3 aromatic rings. The van der Waals surface area contributed by atoms with Gasteiger partial charge in [-0.25, -0.2) is 0 Å². The SMILES string of the molecule is N#C/C(=C/c1cccc(OCc2ccc(Cl)cc2)c1)C(=O)Nc1cccc(C(=O)[O-])c1. The van der Waals surface area contributed by atoms with Crippen LogP contribution in [-0.2, 0) is 11.4 Å². The molecule has 0 spiro atoms. The molecule has 0 aromatic heterocycles. The van der Waals surface area contributed by atoms with Crippen LogP contribution >= 0.6 is 11.6 Å². The van der Waals surface area contributed by atoms with Crippen LogP contribution in [0.3, 0.4) is 0 Å². The molecule has 0 radical (unpaired) electrons. The fourth-order valence-electron chi connectivity index (χ4n) is 2.68. The van der Waals surface area contributed by atoms with Crippen LogP contribution in [0.15, 0.2) is 78.4 Å². The van der Waals surface area contributed by atoms with Gasteiger partial charge in [0.25, 0.3) is 5.91 Å². The highest BCUT2D eigenvalue weighted by Gasteiger charge is 2.10. The van der Waals surface area contributed by atoms with E-state index in [1.54, 1.807) is 36.4 Å². The zero-order chi connectivity index (χ0) is 22.2. The first-order chi connectivity index (χ1) is 14.9. The lowest BCUT2D eigenvalue weighted by molar-refractivity contribution is -0.255. The molecule has 0 unspecified atom stereocenters. The van der Waals surface area contributed by atoms with Crippen molar-refractivity contribution in [3.63, 3.8) is 0 Å². The van der Waals surface area contributed by atoms with Gasteiger partial charge in [0, 0.05) is 10.7 Å². The lowest BCUT2D eigenvalue weighted by atomic mass is 10.1. The van der Waals surface area contributed by atoms with Gasteiger partial charge in [0.2, 0.25) is 0 Å². The Labute approximate surface area is 184 Å². The molecule has 0 heterocycles. The molecule has 31 heavy (non-hydrogen) atoms. The number of ether oxygens (including phenoxy) is 1. The van der Waals surface area contributed by atoms with Gasteiger partial charge in [0.05, 0.1) is 5.97 Å². The summed E-state index contributed by atoms with van der Waals surface area (Å²) in [5, 5.41) is 23.5. The van der Waals surface area contributed by atoms with E-state index in [9.17, 15) is 20.0 Å². The quantitative estimate of drug-likeness (QED) is 0.452. The number of anilines is 1. The van der Waals surface area contributed by atoms with E-state index in [1.807, 2.05) is 18.2 Å². The van der Waals surface area contributed by atoms with E-state index in [0.29, 0.717) is 22.9 Å². The number of benzene rings is 3. The summed E-state index contributed by atoms with van der Waals surface area (Å²) in [6, 6.07) is 21.7. The first kappa shape index (κ1) is 21.6. The van der Waals surface area contributed by atoms with Gasteiger partial charge in [-0.3, -0.25) is 4.79 Å². The number of carbonyl (C=O) groups is 2. The van der Waals surface area contributed by atoms with Crippen molar-refractivity contribution in [2.75, 3.05) is 5.32 Å². The van der Waals surface area contributed by atoms with Gasteiger partial charge in [-0.05, 0) is 59.2 Å². The number of carboxylic acids is 1. The van der Waals surface area contributed by atoms with Crippen LogP contribution in [-0.4, -0.2) is 11.9 Å². The summed E-state index contributed by atoms with van der Waals surface area (Å²) in [6.07, 6.45) is 1.42. The molecular weight excluding hydrogens is 416 g/mol.